The number of carbonyl (C=O) groups excluding carboxylic acids is 1. The summed E-state index contributed by atoms with van der Waals surface area (Å²) in [6, 6.07) is -0.545. The zero-order valence-electron chi connectivity index (χ0n) is 9.40. The number of urea groups is 1. The second-order valence-corrected chi connectivity index (χ2v) is 3.40. The van der Waals surface area contributed by atoms with E-state index < -0.39 is 18.1 Å². The van der Waals surface area contributed by atoms with Crippen LogP contribution in [0.2, 0.25) is 0 Å². The Bertz CT molecular complexity index is 234. The quantitative estimate of drug-likeness (QED) is 0.459. The molecule has 0 bridgehead atoms. The summed E-state index contributed by atoms with van der Waals surface area (Å²) >= 11 is 0. The van der Waals surface area contributed by atoms with Crippen molar-refractivity contribution in [2.45, 2.75) is 25.5 Å². The number of rotatable bonds is 7. The molecule has 0 aliphatic heterocycles. The van der Waals surface area contributed by atoms with Gasteiger partial charge in [0.1, 0.15) is 0 Å². The fourth-order valence-electron chi connectivity index (χ4n) is 1.01. The van der Waals surface area contributed by atoms with Crippen LogP contribution >= 0.6 is 0 Å². The summed E-state index contributed by atoms with van der Waals surface area (Å²) in [5.41, 5.74) is 0. The van der Waals surface area contributed by atoms with Crippen molar-refractivity contribution in [3.63, 3.8) is 0 Å². The van der Waals surface area contributed by atoms with Gasteiger partial charge in [-0.1, -0.05) is 0 Å². The molecule has 2 atom stereocenters. The number of aliphatic hydroxyl groups is 1. The zero-order chi connectivity index (χ0) is 12.6. The molecule has 2 amide bonds. The average Bonchev–Trinajstić information content (AvgIpc) is 2.17. The fraction of sp³-hybridized carbons (Fsp3) is 0.778. The van der Waals surface area contributed by atoms with E-state index in [1.807, 2.05) is 0 Å². The number of hydrogen-bond donors (Lipinski definition) is 4. The third kappa shape index (κ3) is 7.02. The van der Waals surface area contributed by atoms with Crippen LogP contribution in [0, 0.1) is 0 Å². The lowest BCUT2D eigenvalue weighted by atomic mass is 10.2. The number of ether oxygens (including phenoxy) is 1. The maximum atomic E-state index is 11.2. The summed E-state index contributed by atoms with van der Waals surface area (Å²) in [5, 5.41) is 22.3. The van der Waals surface area contributed by atoms with Crippen molar-refractivity contribution in [3.8, 4) is 0 Å². The average molecular weight is 234 g/mol. The van der Waals surface area contributed by atoms with Crippen LogP contribution in [0.15, 0.2) is 0 Å². The first-order valence-electron chi connectivity index (χ1n) is 4.91. The summed E-state index contributed by atoms with van der Waals surface area (Å²) in [4.78, 5) is 21.4. The molecule has 0 saturated heterocycles. The summed E-state index contributed by atoms with van der Waals surface area (Å²) in [6.07, 6.45) is -1.47. The highest BCUT2D eigenvalue weighted by atomic mass is 16.5. The van der Waals surface area contributed by atoms with Gasteiger partial charge in [0.25, 0.3) is 0 Å². The third-order valence-electron chi connectivity index (χ3n) is 1.78. The van der Waals surface area contributed by atoms with E-state index in [0.717, 1.165) is 0 Å². The molecule has 0 spiro atoms. The van der Waals surface area contributed by atoms with Gasteiger partial charge in [0.05, 0.1) is 12.6 Å². The lowest BCUT2D eigenvalue weighted by molar-refractivity contribution is -0.146. The molecule has 16 heavy (non-hydrogen) atoms. The fourth-order valence-corrected chi connectivity index (χ4v) is 1.01. The smallest absolute Gasteiger partial charge is 0.332 e. The highest BCUT2D eigenvalue weighted by molar-refractivity contribution is 5.74. The number of aliphatic carboxylic acids is 1. The number of carboxylic acids is 1. The Hall–Kier alpha value is -1.34. The molecule has 0 fully saturated rings. The Kier molecular flexibility index (Phi) is 7.23. The second kappa shape index (κ2) is 7.89. The lowest BCUT2D eigenvalue weighted by Gasteiger charge is -2.13. The van der Waals surface area contributed by atoms with Gasteiger partial charge in [0.2, 0.25) is 0 Å². The molecule has 94 valence electrons. The molecule has 0 radical (unpaired) electrons. The molecule has 0 heterocycles. The molecule has 7 nitrogen and oxygen atoms in total. The Morgan fingerprint density at radius 1 is 1.44 bits per heavy atom. The summed E-state index contributed by atoms with van der Waals surface area (Å²) in [6.45, 7) is 2.26. The lowest BCUT2D eigenvalue weighted by Crippen LogP contribution is -2.43. The normalized spacial score (nSPS) is 13.9. The van der Waals surface area contributed by atoms with E-state index >= 15 is 0 Å². The first-order valence-corrected chi connectivity index (χ1v) is 4.91. The minimum atomic E-state index is -1.45. The van der Waals surface area contributed by atoms with E-state index in [0.29, 0.717) is 6.61 Å². The topological polar surface area (TPSA) is 108 Å². The molecule has 0 aliphatic rings. The van der Waals surface area contributed by atoms with Crippen LogP contribution in [0.3, 0.4) is 0 Å². The van der Waals surface area contributed by atoms with Gasteiger partial charge in [-0.3, -0.25) is 0 Å². The maximum absolute atomic E-state index is 11.2. The van der Waals surface area contributed by atoms with Crippen LogP contribution in [0.4, 0.5) is 4.79 Å². The van der Waals surface area contributed by atoms with Gasteiger partial charge in [0.15, 0.2) is 6.10 Å². The van der Waals surface area contributed by atoms with Crippen molar-refractivity contribution >= 4 is 12.0 Å². The van der Waals surface area contributed by atoms with Gasteiger partial charge < -0.3 is 25.6 Å². The van der Waals surface area contributed by atoms with Gasteiger partial charge in [-0.15, -0.1) is 0 Å². The van der Waals surface area contributed by atoms with E-state index in [4.69, 9.17) is 14.9 Å². The van der Waals surface area contributed by atoms with Crippen molar-refractivity contribution in [1.29, 1.82) is 0 Å². The maximum Gasteiger partial charge on any atom is 0.332 e. The summed E-state index contributed by atoms with van der Waals surface area (Å²) < 4.78 is 4.82. The Labute approximate surface area is 93.8 Å². The predicted octanol–water partition coefficient (Wildman–Crippen LogP) is -0.844. The third-order valence-corrected chi connectivity index (χ3v) is 1.78. The van der Waals surface area contributed by atoms with Gasteiger partial charge >= 0.3 is 12.0 Å². The molecular formula is C9H18N2O5. The molecular weight excluding hydrogens is 216 g/mol. The van der Waals surface area contributed by atoms with Crippen LogP contribution in [0.5, 0.6) is 0 Å². The Morgan fingerprint density at radius 2 is 2.06 bits per heavy atom. The van der Waals surface area contributed by atoms with Crippen LogP contribution in [-0.4, -0.2) is 54.6 Å². The van der Waals surface area contributed by atoms with Crippen molar-refractivity contribution in [3.05, 3.63) is 0 Å². The second-order valence-electron chi connectivity index (χ2n) is 3.40. The SMILES string of the molecule is COCC(C)NC(=O)NCC[C@H](O)C(=O)O. The number of hydrogen-bond acceptors (Lipinski definition) is 4. The van der Waals surface area contributed by atoms with Gasteiger partial charge in [0, 0.05) is 20.1 Å². The molecule has 0 aromatic heterocycles. The molecule has 1 unspecified atom stereocenters. The summed E-state index contributed by atoms with van der Waals surface area (Å²) in [5.74, 6) is -1.30. The molecule has 0 aromatic carbocycles. The van der Waals surface area contributed by atoms with Crippen LogP contribution in [-0.2, 0) is 9.53 Å². The Balaban J connectivity index is 3.62. The number of carboxylic acid groups (broad SMARTS) is 1. The number of carbonyl (C=O) groups is 2. The van der Waals surface area contributed by atoms with Crippen LogP contribution in [0.25, 0.3) is 0 Å². The summed E-state index contributed by atoms with van der Waals surface area (Å²) in [7, 11) is 1.53. The predicted molar refractivity (Wildman–Crippen MR) is 56.1 cm³/mol. The largest absolute Gasteiger partial charge is 0.479 e. The highest BCUT2D eigenvalue weighted by Crippen LogP contribution is 1.89. The number of methoxy groups -OCH3 is 1. The van der Waals surface area contributed by atoms with Crippen molar-refractivity contribution in [2.75, 3.05) is 20.3 Å². The Morgan fingerprint density at radius 3 is 2.56 bits per heavy atom. The van der Waals surface area contributed by atoms with Gasteiger partial charge in [-0.05, 0) is 6.92 Å². The van der Waals surface area contributed by atoms with E-state index in [2.05, 4.69) is 10.6 Å². The van der Waals surface area contributed by atoms with Crippen LogP contribution < -0.4 is 10.6 Å². The van der Waals surface area contributed by atoms with E-state index in [-0.39, 0.29) is 19.0 Å². The minimum absolute atomic E-state index is 0.0264. The molecule has 0 aliphatic carbocycles. The van der Waals surface area contributed by atoms with Crippen molar-refractivity contribution < 1.29 is 24.5 Å². The molecule has 0 rings (SSSR count). The first-order chi connectivity index (χ1) is 7.47. The number of amides is 2. The molecule has 0 saturated carbocycles. The number of aliphatic hydroxyl groups excluding tert-OH is 1. The standard InChI is InChI=1S/C9H18N2O5/c1-6(5-16-2)11-9(15)10-4-3-7(12)8(13)14/h6-7,12H,3-5H2,1-2H3,(H,13,14)(H2,10,11,15)/t6?,7-/m0/s1. The monoisotopic (exact) mass is 234 g/mol. The van der Waals surface area contributed by atoms with E-state index in [1.165, 1.54) is 7.11 Å². The van der Waals surface area contributed by atoms with Crippen molar-refractivity contribution in [1.82, 2.24) is 10.6 Å². The molecule has 4 N–H and O–H groups in total. The van der Waals surface area contributed by atoms with Gasteiger partial charge in [-0.25, -0.2) is 9.59 Å². The van der Waals surface area contributed by atoms with E-state index in [9.17, 15) is 9.59 Å². The molecule has 0 aromatic rings. The van der Waals surface area contributed by atoms with E-state index in [1.54, 1.807) is 6.92 Å². The first kappa shape index (κ1) is 14.7. The number of nitrogens with one attached hydrogen (secondary N) is 2. The van der Waals surface area contributed by atoms with Gasteiger partial charge in [-0.2, -0.15) is 0 Å². The zero-order valence-corrected chi connectivity index (χ0v) is 9.40. The minimum Gasteiger partial charge on any atom is -0.479 e. The highest BCUT2D eigenvalue weighted by Gasteiger charge is 2.13. The molecule has 7 heteroatoms. The van der Waals surface area contributed by atoms with Crippen LogP contribution in [0.1, 0.15) is 13.3 Å². The van der Waals surface area contributed by atoms with Crippen molar-refractivity contribution in [2.24, 2.45) is 0 Å².